The molecule has 2 amide bonds. The summed E-state index contributed by atoms with van der Waals surface area (Å²) in [4.78, 5) is 25.9. The lowest BCUT2D eigenvalue weighted by Crippen LogP contribution is -2.36. The maximum Gasteiger partial charge on any atom is 0.223 e. The van der Waals surface area contributed by atoms with Crippen molar-refractivity contribution < 1.29 is 9.59 Å². The molecule has 1 heterocycles. The van der Waals surface area contributed by atoms with Crippen LogP contribution in [0.2, 0.25) is 0 Å². The summed E-state index contributed by atoms with van der Waals surface area (Å²) in [6.45, 7) is 1.54. The van der Waals surface area contributed by atoms with Crippen LogP contribution in [0.15, 0.2) is 0 Å². The smallest absolute Gasteiger partial charge is 0.223 e. The summed E-state index contributed by atoms with van der Waals surface area (Å²) in [7, 11) is 0. The van der Waals surface area contributed by atoms with Gasteiger partial charge in [-0.3, -0.25) is 9.59 Å². The van der Waals surface area contributed by atoms with E-state index in [9.17, 15) is 9.59 Å². The average Bonchev–Trinajstić information content (AvgIpc) is 3.21. The van der Waals surface area contributed by atoms with Crippen LogP contribution >= 0.6 is 0 Å². The van der Waals surface area contributed by atoms with Crippen LogP contribution in [0.25, 0.3) is 0 Å². The maximum absolute atomic E-state index is 12.1. The van der Waals surface area contributed by atoms with E-state index in [1.54, 1.807) is 0 Å². The minimum Gasteiger partial charge on any atom is -0.356 e. The van der Waals surface area contributed by atoms with Crippen molar-refractivity contribution in [2.45, 2.75) is 57.4 Å². The van der Waals surface area contributed by atoms with Crippen molar-refractivity contribution in [2.24, 2.45) is 11.8 Å². The molecule has 2 saturated carbocycles. The molecule has 3 rings (SSSR count). The highest BCUT2D eigenvalue weighted by atomic mass is 16.2. The molecule has 0 spiro atoms. The van der Waals surface area contributed by atoms with Crippen LogP contribution in [0.3, 0.4) is 0 Å². The quantitative estimate of drug-likeness (QED) is 0.840. The van der Waals surface area contributed by atoms with Gasteiger partial charge in [0.25, 0.3) is 0 Å². The van der Waals surface area contributed by atoms with Gasteiger partial charge in [-0.05, 0) is 25.7 Å². The van der Waals surface area contributed by atoms with E-state index in [1.165, 1.54) is 32.1 Å². The van der Waals surface area contributed by atoms with E-state index in [4.69, 9.17) is 0 Å². The topological polar surface area (TPSA) is 49.4 Å². The first-order valence-electron chi connectivity index (χ1n) is 7.81. The van der Waals surface area contributed by atoms with Gasteiger partial charge in [0, 0.05) is 37.4 Å². The molecule has 106 valence electrons. The van der Waals surface area contributed by atoms with Crippen molar-refractivity contribution in [1.82, 2.24) is 10.2 Å². The number of hydrogen-bond acceptors (Lipinski definition) is 2. The number of rotatable bonds is 4. The molecule has 1 unspecified atom stereocenters. The van der Waals surface area contributed by atoms with Crippen LogP contribution in [0.1, 0.15) is 51.4 Å². The molecule has 1 saturated heterocycles. The number of carbonyl (C=O) groups excluding carboxylic acids is 2. The molecule has 0 aromatic rings. The Balaban J connectivity index is 1.42. The maximum atomic E-state index is 12.1. The van der Waals surface area contributed by atoms with Crippen molar-refractivity contribution in [3.8, 4) is 0 Å². The van der Waals surface area contributed by atoms with Gasteiger partial charge in [0.05, 0.1) is 0 Å². The van der Waals surface area contributed by atoms with Crippen molar-refractivity contribution in [3.05, 3.63) is 0 Å². The standard InChI is InChI=1S/C15H24N2O2/c18-14-8-11(10-17(14)13-6-7-13)9-16-15(19)12-4-2-1-3-5-12/h11-13H,1-10H2,(H,16,19). The Hall–Kier alpha value is -1.06. The molecule has 3 fully saturated rings. The van der Waals surface area contributed by atoms with E-state index >= 15 is 0 Å². The molecule has 3 aliphatic rings. The summed E-state index contributed by atoms with van der Waals surface area (Å²) in [5.74, 6) is 1.07. The first-order valence-corrected chi connectivity index (χ1v) is 7.81. The number of nitrogens with one attached hydrogen (secondary N) is 1. The zero-order valence-electron chi connectivity index (χ0n) is 11.6. The minimum absolute atomic E-state index is 0.219. The lowest BCUT2D eigenvalue weighted by Gasteiger charge is -2.21. The molecule has 0 radical (unpaired) electrons. The predicted octanol–water partition coefficient (Wildman–Crippen LogP) is 1.69. The molecule has 0 bridgehead atoms. The zero-order valence-corrected chi connectivity index (χ0v) is 11.6. The lowest BCUT2D eigenvalue weighted by molar-refractivity contribution is -0.128. The van der Waals surface area contributed by atoms with Gasteiger partial charge in [0.2, 0.25) is 11.8 Å². The molecule has 4 heteroatoms. The van der Waals surface area contributed by atoms with Gasteiger partial charge in [-0.2, -0.15) is 0 Å². The number of nitrogens with zero attached hydrogens (tertiary/aromatic N) is 1. The fraction of sp³-hybridized carbons (Fsp3) is 0.867. The third-order valence-corrected chi connectivity index (χ3v) is 4.77. The van der Waals surface area contributed by atoms with Gasteiger partial charge < -0.3 is 10.2 Å². The summed E-state index contributed by atoms with van der Waals surface area (Å²) in [6.07, 6.45) is 8.72. The van der Waals surface area contributed by atoms with Crippen molar-refractivity contribution >= 4 is 11.8 Å². The monoisotopic (exact) mass is 264 g/mol. The SMILES string of the molecule is O=C(NCC1CC(=O)N(C2CC2)C1)C1CCCCC1. The molecule has 1 aliphatic heterocycles. The Morgan fingerprint density at radius 3 is 2.58 bits per heavy atom. The third kappa shape index (κ3) is 3.10. The minimum atomic E-state index is 0.219. The Labute approximate surface area is 114 Å². The number of amides is 2. The Kier molecular flexibility index (Phi) is 3.76. The molecule has 2 aliphatic carbocycles. The van der Waals surface area contributed by atoms with Gasteiger partial charge in [0.1, 0.15) is 0 Å². The fourth-order valence-corrected chi connectivity index (χ4v) is 3.44. The summed E-state index contributed by atoms with van der Waals surface area (Å²) in [6, 6.07) is 0.520. The number of hydrogen-bond donors (Lipinski definition) is 1. The second-order valence-corrected chi connectivity index (χ2v) is 6.43. The first kappa shape index (κ1) is 12.9. The summed E-state index contributed by atoms with van der Waals surface area (Å²) >= 11 is 0. The Bertz CT molecular complexity index is 359. The largest absolute Gasteiger partial charge is 0.356 e. The zero-order chi connectivity index (χ0) is 13.2. The third-order valence-electron chi connectivity index (χ3n) is 4.77. The average molecular weight is 264 g/mol. The summed E-state index contributed by atoms with van der Waals surface area (Å²) < 4.78 is 0. The van der Waals surface area contributed by atoms with E-state index in [1.807, 2.05) is 4.90 Å². The predicted molar refractivity (Wildman–Crippen MR) is 72.4 cm³/mol. The van der Waals surface area contributed by atoms with Gasteiger partial charge in [-0.1, -0.05) is 19.3 Å². The fourth-order valence-electron chi connectivity index (χ4n) is 3.44. The normalized spacial score (nSPS) is 28.7. The van der Waals surface area contributed by atoms with Crippen LogP contribution in [0.5, 0.6) is 0 Å². The van der Waals surface area contributed by atoms with E-state index in [-0.39, 0.29) is 11.8 Å². The van der Waals surface area contributed by atoms with Crippen LogP contribution in [0, 0.1) is 11.8 Å². The number of likely N-dealkylation sites (tertiary alicyclic amines) is 1. The van der Waals surface area contributed by atoms with Crippen LogP contribution in [-0.4, -0.2) is 35.8 Å². The van der Waals surface area contributed by atoms with E-state index in [0.29, 0.717) is 30.8 Å². The van der Waals surface area contributed by atoms with Crippen molar-refractivity contribution in [1.29, 1.82) is 0 Å². The lowest BCUT2D eigenvalue weighted by atomic mass is 9.88. The Morgan fingerprint density at radius 2 is 1.89 bits per heavy atom. The molecule has 1 atom stereocenters. The molecular weight excluding hydrogens is 240 g/mol. The van der Waals surface area contributed by atoms with Gasteiger partial charge in [-0.25, -0.2) is 0 Å². The second kappa shape index (κ2) is 5.51. The van der Waals surface area contributed by atoms with Crippen molar-refractivity contribution in [2.75, 3.05) is 13.1 Å². The highest BCUT2D eigenvalue weighted by Gasteiger charge is 2.39. The summed E-state index contributed by atoms with van der Waals surface area (Å²) in [5, 5.41) is 3.08. The Morgan fingerprint density at radius 1 is 1.16 bits per heavy atom. The first-order chi connectivity index (χ1) is 9.24. The van der Waals surface area contributed by atoms with Gasteiger partial charge in [-0.15, -0.1) is 0 Å². The number of carbonyl (C=O) groups is 2. The van der Waals surface area contributed by atoms with Crippen molar-refractivity contribution in [3.63, 3.8) is 0 Å². The molecule has 19 heavy (non-hydrogen) atoms. The van der Waals surface area contributed by atoms with Crippen LogP contribution in [-0.2, 0) is 9.59 Å². The molecule has 4 nitrogen and oxygen atoms in total. The van der Waals surface area contributed by atoms with Gasteiger partial charge in [0.15, 0.2) is 0 Å². The molecule has 0 aromatic heterocycles. The molecule has 0 aromatic carbocycles. The van der Waals surface area contributed by atoms with Crippen LogP contribution < -0.4 is 5.32 Å². The highest BCUT2D eigenvalue weighted by molar-refractivity contribution is 5.80. The van der Waals surface area contributed by atoms with Crippen LogP contribution in [0.4, 0.5) is 0 Å². The second-order valence-electron chi connectivity index (χ2n) is 6.43. The molecule has 1 N–H and O–H groups in total. The van der Waals surface area contributed by atoms with E-state index < -0.39 is 0 Å². The summed E-state index contributed by atoms with van der Waals surface area (Å²) in [5.41, 5.74) is 0. The van der Waals surface area contributed by atoms with E-state index in [2.05, 4.69) is 5.32 Å². The molecular formula is C15H24N2O2. The highest BCUT2D eigenvalue weighted by Crippen LogP contribution is 2.32. The van der Waals surface area contributed by atoms with E-state index in [0.717, 1.165) is 19.4 Å². The van der Waals surface area contributed by atoms with Gasteiger partial charge >= 0.3 is 0 Å².